The third-order valence-electron chi connectivity index (χ3n) is 15.3. The molecule has 0 bridgehead atoms. The highest BCUT2D eigenvalue weighted by Crippen LogP contribution is 2.74. The van der Waals surface area contributed by atoms with Gasteiger partial charge >= 0.3 is 5.97 Å². The average molecular weight is 618 g/mol. The molecule has 1 saturated heterocycles. The highest BCUT2D eigenvalue weighted by Gasteiger charge is 2.70. The number of methoxy groups -OCH3 is 1. The first-order chi connectivity index (χ1) is 21.0. The Bertz CT molecular complexity index is 1490. The third-order valence-corrected chi connectivity index (χ3v) is 15.3. The molecule has 4 fully saturated rings. The van der Waals surface area contributed by atoms with Gasteiger partial charge < -0.3 is 10.1 Å². The number of piperidine rings is 1. The lowest BCUT2D eigenvalue weighted by molar-refractivity contribution is -0.174. The maximum atomic E-state index is 14.8. The van der Waals surface area contributed by atoms with E-state index in [0.717, 1.165) is 88.6 Å². The topological polar surface area (TPSA) is 90.3 Å². The van der Waals surface area contributed by atoms with Crippen LogP contribution >= 0.6 is 0 Å². The maximum Gasteiger partial charge on any atom is 0.311 e. The summed E-state index contributed by atoms with van der Waals surface area (Å²) in [6.07, 6.45) is 13.4. The minimum absolute atomic E-state index is 0.0121. The van der Waals surface area contributed by atoms with Crippen LogP contribution in [-0.4, -0.2) is 47.6 Å². The zero-order valence-corrected chi connectivity index (χ0v) is 29.0. The van der Waals surface area contributed by atoms with Crippen LogP contribution in [0.2, 0.25) is 0 Å². The second-order valence-electron chi connectivity index (χ2n) is 18.0. The SMILES string of the molecule is COC(=O)[C@@]1(C)CC[C@]2(C)CC[C@]3(C)C(=CC(=O)[C@@H]4[C@@]5(C)Cc6cn(C(=O)C7CCNCC7)nc6C(C)(C)[C@@H]5CC[C@]43C)[C@H]2C1. The Morgan fingerprint density at radius 3 is 2.33 bits per heavy atom. The summed E-state index contributed by atoms with van der Waals surface area (Å²) in [7, 11) is 1.50. The fourth-order valence-electron chi connectivity index (χ4n) is 12.4. The number of hydrogen-bond donors (Lipinski definition) is 1. The van der Waals surface area contributed by atoms with Gasteiger partial charge in [0.05, 0.1) is 18.2 Å². The summed E-state index contributed by atoms with van der Waals surface area (Å²) >= 11 is 0. The first-order valence-electron chi connectivity index (χ1n) is 17.7. The second kappa shape index (κ2) is 9.87. The number of nitrogens with one attached hydrogen (secondary N) is 1. The number of nitrogens with zero attached hydrogens (tertiary/aromatic N) is 2. The molecule has 8 atom stereocenters. The number of carbonyl (C=O) groups excluding carboxylic acids is 3. The van der Waals surface area contributed by atoms with Gasteiger partial charge in [-0.05, 0) is 129 Å². The summed E-state index contributed by atoms with van der Waals surface area (Å²) in [4.78, 5) is 41.4. The molecular formula is C38H55N3O4. The van der Waals surface area contributed by atoms with Crippen molar-refractivity contribution in [3.05, 3.63) is 29.1 Å². The van der Waals surface area contributed by atoms with Gasteiger partial charge in [-0.1, -0.05) is 47.1 Å². The van der Waals surface area contributed by atoms with Crippen LogP contribution in [0.5, 0.6) is 0 Å². The number of ketones is 1. The lowest BCUT2D eigenvalue weighted by atomic mass is 9.33. The van der Waals surface area contributed by atoms with Crippen molar-refractivity contribution >= 4 is 17.7 Å². The van der Waals surface area contributed by atoms with Crippen LogP contribution in [0.25, 0.3) is 0 Å². The molecule has 1 aliphatic heterocycles. The average Bonchev–Trinajstić information content (AvgIpc) is 3.43. The van der Waals surface area contributed by atoms with Crippen molar-refractivity contribution in [2.45, 2.75) is 118 Å². The molecular weight excluding hydrogens is 562 g/mol. The standard InChI is InChI=1S/C38H55N3O4/c1-33(2)28-9-12-38(7)29(36(28,5)20-24-22-41(40-30(24)33)31(43)23-10-17-39-18-11-23)27(42)19-25-26-21-35(4,32(44)45-8)14-13-34(26,3)15-16-37(25,38)6/h19,22-23,26,28-29,39H,9-18,20-21H2,1-8H3/t26-,28+,29-,34-,35+,36+,37-,38-/m1/s1. The molecule has 7 rings (SSSR count). The first kappa shape index (κ1) is 31.3. The quantitative estimate of drug-likeness (QED) is 0.372. The van der Waals surface area contributed by atoms with Gasteiger partial charge in [0.15, 0.2) is 5.78 Å². The Morgan fingerprint density at radius 1 is 0.956 bits per heavy atom. The molecule has 5 aliphatic carbocycles. The van der Waals surface area contributed by atoms with Crippen LogP contribution in [0.15, 0.2) is 17.8 Å². The van der Waals surface area contributed by atoms with Gasteiger partial charge in [-0.3, -0.25) is 14.4 Å². The molecule has 45 heavy (non-hydrogen) atoms. The molecule has 3 saturated carbocycles. The van der Waals surface area contributed by atoms with E-state index in [9.17, 15) is 14.4 Å². The molecule has 6 aliphatic rings. The summed E-state index contributed by atoms with van der Waals surface area (Å²) in [5.74, 6) is 0.688. The van der Waals surface area contributed by atoms with Crippen molar-refractivity contribution in [2.75, 3.05) is 20.2 Å². The smallest absolute Gasteiger partial charge is 0.311 e. The number of hydrogen-bond acceptors (Lipinski definition) is 6. The van der Waals surface area contributed by atoms with Gasteiger partial charge in [0.25, 0.3) is 0 Å². The van der Waals surface area contributed by atoms with E-state index >= 15 is 0 Å². The minimum atomic E-state index is -0.516. The molecule has 1 aromatic rings. The van der Waals surface area contributed by atoms with Gasteiger partial charge in [0.2, 0.25) is 5.91 Å². The number of allylic oxidation sites excluding steroid dienone is 2. The van der Waals surface area contributed by atoms with E-state index in [0.29, 0.717) is 5.92 Å². The van der Waals surface area contributed by atoms with Crippen LogP contribution in [0.4, 0.5) is 0 Å². The monoisotopic (exact) mass is 617 g/mol. The van der Waals surface area contributed by atoms with E-state index in [1.54, 1.807) is 4.68 Å². The van der Waals surface area contributed by atoms with Gasteiger partial charge in [-0.25, -0.2) is 4.68 Å². The number of fused-ring (bicyclic) bond motifs is 8. The Morgan fingerprint density at radius 2 is 1.64 bits per heavy atom. The van der Waals surface area contributed by atoms with E-state index in [4.69, 9.17) is 9.84 Å². The molecule has 1 aromatic heterocycles. The highest BCUT2D eigenvalue weighted by molar-refractivity contribution is 5.96. The Kier molecular flexibility index (Phi) is 6.87. The van der Waals surface area contributed by atoms with Crippen molar-refractivity contribution in [1.82, 2.24) is 15.1 Å². The minimum Gasteiger partial charge on any atom is -0.469 e. The summed E-state index contributed by atoms with van der Waals surface area (Å²) in [5.41, 5.74) is 2.31. The lowest BCUT2D eigenvalue weighted by Gasteiger charge is -2.69. The summed E-state index contributed by atoms with van der Waals surface area (Å²) in [6, 6.07) is 0. The van der Waals surface area contributed by atoms with Gasteiger partial charge in [0.1, 0.15) is 0 Å². The molecule has 0 radical (unpaired) electrons. The van der Waals surface area contributed by atoms with Crippen LogP contribution < -0.4 is 5.32 Å². The normalized spacial score (nSPS) is 44.0. The van der Waals surface area contributed by atoms with Gasteiger partial charge in [0, 0.05) is 23.4 Å². The fourth-order valence-corrected chi connectivity index (χ4v) is 12.4. The summed E-state index contributed by atoms with van der Waals surface area (Å²) < 4.78 is 6.97. The molecule has 0 aromatic carbocycles. The van der Waals surface area contributed by atoms with Gasteiger partial charge in [-0.2, -0.15) is 5.10 Å². The predicted octanol–water partition coefficient (Wildman–Crippen LogP) is 6.69. The molecule has 1 N–H and O–H groups in total. The molecule has 7 heteroatoms. The van der Waals surface area contributed by atoms with E-state index in [1.165, 1.54) is 12.7 Å². The predicted molar refractivity (Wildman–Crippen MR) is 174 cm³/mol. The maximum absolute atomic E-state index is 14.8. The third kappa shape index (κ3) is 4.10. The Labute approximate surface area is 269 Å². The van der Waals surface area contributed by atoms with Crippen LogP contribution in [0.1, 0.15) is 122 Å². The molecule has 246 valence electrons. The van der Waals surface area contributed by atoms with Crippen molar-refractivity contribution in [3.8, 4) is 0 Å². The number of carbonyl (C=O) groups is 3. The van der Waals surface area contributed by atoms with E-state index in [2.05, 4.69) is 59.9 Å². The lowest BCUT2D eigenvalue weighted by Crippen LogP contribution is -2.66. The second-order valence-corrected chi connectivity index (χ2v) is 18.0. The van der Waals surface area contributed by atoms with Crippen LogP contribution in [0.3, 0.4) is 0 Å². The molecule has 0 amide bonds. The molecule has 0 unspecified atom stereocenters. The first-order valence-corrected chi connectivity index (χ1v) is 17.7. The van der Waals surface area contributed by atoms with E-state index < -0.39 is 5.41 Å². The number of aromatic nitrogens is 2. The van der Waals surface area contributed by atoms with Crippen molar-refractivity contribution in [1.29, 1.82) is 0 Å². The summed E-state index contributed by atoms with van der Waals surface area (Å²) in [5, 5.41) is 8.39. The Hall–Kier alpha value is -2.28. The van der Waals surface area contributed by atoms with E-state index in [1.807, 2.05) is 6.20 Å². The molecule has 2 heterocycles. The number of rotatable bonds is 2. The Balaban J connectivity index is 1.28. The molecule has 7 nitrogen and oxygen atoms in total. The largest absolute Gasteiger partial charge is 0.469 e. The van der Waals surface area contributed by atoms with Gasteiger partial charge in [-0.15, -0.1) is 0 Å². The van der Waals surface area contributed by atoms with Crippen LogP contribution in [0, 0.1) is 50.7 Å². The van der Waals surface area contributed by atoms with Crippen LogP contribution in [-0.2, 0) is 26.2 Å². The zero-order chi connectivity index (χ0) is 32.4. The number of ether oxygens (including phenoxy) is 1. The van der Waals surface area contributed by atoms with Crippen molar-refractivity contribution < 1.29 is 19.1 Å². The summed E-state index contributed by atoms with van der Waals surface area (Å²) in [6.45, 7) is 18.1. The van der Waals surface area contributed by atoms with E-state index in [-0.39, 0.29) is 62.5 Å². The number of esters is 1. The van der Waals surface area contributed by atoms with Crippen molar-refractivity contribution in [2.24, 2.45) is 50.7 Å². The zero-order valence-electron chi connectivity index (χ0n) is 29.0. The van der Waals surface area contributed by atoms with Crippen molar-refractivity contribution in [3.63, 3.8) is 0 Å². The molecule has 0 spiro atoms. The highest BCUT2D eigenvalue weighted by atomic mass is 16.5. The fraction of sp³-hybridized carbons (Fsp3) is 0.789.